The number of aromatic nitrogens is 3. The summed E-state index contributed by atoms with van der Waals surface area (Å²) in [5, 5.41) is 5.58. The average molecular weight is 385 g/mol. The van der Waals surface area contributed by atoms with Crippen molar-refractivity contribution in [2.45, 2.75) is 26.4 Å². The zero-order chi connectivity index (χ0) is 18.1. The Balaban J connectivity index is 1.84. The third-order valence-corrected chi connectivity index (χ3v) is 5.38. The van der Waals surface area contributed by atoms with Gasteiger partial charge in [0.2, 0.25) is 4.77 Å². The van der Waals surface area contributed by atoms with Crippen LogP contribution in [0, 0.1) is 11.7 Å². The predicted octanol–water partition coefficient (Wildman–Crippen LogP) is 5.09. The Labute approximate surface area is 163 Å². The van der Waals surface area contributed by atoms with E-state index in [4.69, 9.17) is 28.9 Å². The third kappa shape index (κ3) is 3.47. The minimum Gasteiger partial charge on any atom is -0.284 e. The molecule has 1 saturated heterocycles. The normalized spacial score (nSPS) is 14.8. The lowest BCUT2D eigenvalue weighted by Gasteiger charge is -2.13. The SMILES string of the molecule is Cc1cccc(-n2c(-c3ccc(Cl)cc3)nn(CN3CCCC3)c2=S)c1. The van der Waals surface area contributed by atoms with Crippen LogP contribution in [0.1, 0.15) is 18.4 Å². The zero-order valence-corrected chi connectivity index (χ0v) is 16.3. The number of benzene rings is 2. The number of aryl methyl sites for hydroxylation is 1. The number of hydrogen-bond acceptors (Lipinski definition) is 3. The van der Waals surface area contributed by atoms with Gasteiger partial charge in [-0.2, -0.15) is 0 Å². The van der Waals surface area contributed by atoms with E-state index in [2.05, 4.69) is 40.7 Å². The summed E-state index contributed by atoms with van der Waals surface area (Å²) in [7, 11) is 0. The first-order valence-corrected chi connectivity index (χ1v) is 9.65. The number of likely N-dealkylation sites (tertiary alicyclic amines) is 1. The highest BCUT2D eigenvalue weighted by molar-refractivity contribution is 7.71. The Morgan fingerprint density at radius 3 is 2.50 bits per heavy atom. The van der Waals surface area contributed by atoms with Crippen molar-refractivity contribution in [1.29, 1.82) is 0 Å². The third-order valence-electron chi connectivity index (χ3n) is 4.73. The van der Waals surface area contributed by atoms with Crippen molar-refractivity contribution >= 4 is 23.8 Å². The molecule has 2 aromatic carbocycles. The van der Waals surface area contributed by atoms with Gasteiger partial charge in [0.25, 0.3) is 0 Å². The summed E-state index contributed by atoms with van der Waals surface area (Å²) >= 11 is 11.9. The molecule has 0 saturated carbocycles. The second kappa shape index (κ2) is 7.35. The molecular weight excluding hydrogens is 364 g/mol. The van der Waals surface area contributed by atoms with E-state index in [1.807, 2.05) is 28.9 Å². The Bertz CT molecular complexity index is 968. The standard InChI is InChI=1S/C20H21ClN4S/c1-15-5-4-6-18(13-15)25-19(16-7-9-17(21)10-8-16)22-24(20(25)26)14-23-11-2-3-12-23/h4-10,13H,2-3,11-12,14H2,1H3. The second-order valence-corrected chi connectivity index (χ2v) is 7.56. The van der Waals surface area contributed by atoms with E-state index in [1.54, 1.807) is 0 Å². The first-order chi connectivity index (χ1) is 12.6. The van der Waals surface area contributed by atoms with Crippen LogP contribution in [-0.4, -0.2) is 32.3 Å². The maximum absolute atomic E-state index is 6.07. The van der Waals surface area contributed by atoms with Crippen LogP contribution in [-0.2, 0) is 6.67 Å². The largest absolute Gasteiger partial charge is 0.284 e. The fraction of sp³-hybridized carbons (Fsp3) is 0.300. The van der Waals surface area contributed by atoms with Crippen molar-refractivity contribution in [2.24, 2.45) is 0 Å². The smallest absolute Gasteiger partial charge is 0.204 e. The molecule has 6 heteroatoms. The van der Waals surface area contributed by atoms with E-state index in [1.165, 1.54) is 18.4 Å². The molecule has 0 spiro atoms. The molecule has 0 radical (unpaired) electrons. The summed E-state index contributed by atoms with van der Waals surface area (Å²) in [5.41, 5.74) is 3.23. The molecule has 0 aliphatic carbocycles. The number of nitrogens with zero attached hydrogens (tertiary/aromatic N) is 4. The van der Waals surface area contributed by atoms with Gasteiger partial charge < -0.3 is 0 Å². The molecule has 4 rings (SSSR count). The number of rotatable bonds is 4. The first-order valence-electron chi connectivity index (χ1n) is 8.87. The van der Waals surface area contributed by atoms with Crippen LogP contribution in [0.2, 0.25) is 5.02 Å². The lowest BCUT2D eigenvalue weighted by Crippen LogP contribution is -2.23. The van der Waals surface area contributed by atoms with Crippen LogP contribution < -0.4 is 0 Å². The Hall–Kier alpha value is -1.95. The monoisotopic (exact) mass is 384 g/mol. The van der Waals surface area contributed by atoms with E-state index in [0.717, 1.165) is 36.8 Å². The molecule has 1 aromatic heterocycles. The van der Waals surface area contributed by atoms with E-state index in [9.17, 15) is 0 Å². The van der Waals surface area contributed by atoms with Crippen molar-refractivity contribution in [3.8, 4) is 17.1 Å². The lowest BCUT2D eigenvalue weighted by molar-refractivity contribution is 0.253. The Kier molecular flexibility index (Phi) is 4.94. The molecule has 26 heavy (non-hydrogen) atoms. The molecular formula is C20H21ClN4S. The van der Waals surface area contributed by atoms with Gasteiger partial charge >= 0.3 is 0 Å². The van der Waals surface area contributed by atoms with Gasteiger partial charge in [-0.05, 0) is 87.0 Å². The highest BCUT2D eigenvalue weighted by atomic mass is 35.5. The van der Waals surface area contributed by atoms with Gasteiger partial charge in [-0.25, -0.2) is 4.68 Å². The summed E-state index contributed by atoms with van der Waals surface area (Å²) in [5.74, 6) is 0.844. The topological polar surface area (TPSA) is 26.0 Å². The Morgan fingerprint density at radius 1 is 1.08 bits per heavy atom. The van der Waals surface area contributed by atoms with Gasteiger partial charge in [0.05, 0.1) is 12.4 Å². The van der Waals surface area contributed by atoms with Crippen LogP contribution in [0.5, 0.6) is 0 Å². The van der Waals surface area contributed by atoms with Crippen LogP contribution in [0.3, 0.4) is 0 Å². The highest BCUT2D eigenvalue weighted by Crippen LogP contribution is 2.25. The molecule has 1 fully saturated rings. The second-order valence-electron chi connectivity index (χ2n) is 6.75. The van der Waals surface area contributed by atoms with Gasteiger partial charge in [-0.3, -0.25) is 9.47 Å². The van der Waals surface area contributed by atoms with Gasteiger partial charge in [0, 0.05) is 10.6 Å². The van der Waals surface area contributed by atoms with E-state index < -0.39 is 0 Å². The van der Waals surface area contributed by atoms with Crippen LogP contribution >= 0.6 is 23.8 Å². The van der Waals surface area contributed by atoms with Gasteiger partial charge in [-0.15, -0.1) is 5.10 Å². The molecule has 0 N–H and O–H groups in total. The van der Waals surface area contributed by atoms with Gasteiger partial charge in [0.15, 0.2) is 5.82 Å². The van der Waals surface area contributed by atoms with E-state index >= 15 is 0 Å². The molecule has 3 aromatic rings. The summed E-state index contributed by atoms with van der Waals surface area (Å²) < 4.78 is 4.71. The van der Waals surface area contributed by atoms with Crippen molar-refractivity contribution in [2.75, 3.05) is 13.1 Å². The molecule has 1 aliphatic heterocycles. The molecule has 0 atom stereocenters. The summed E-state index contributed by atoms with van der Waals surface area (Å²) in [6.45, 7) is 5.03. The fourth-order valence-electron chi connectivity index (χ4n) is 3.40. The number of halogens is 1. The van der Waals surface area contributed by atoms with Crippen LogP contribution in [0.4, 0.5) is 0 Å². The molecule has 1 aliphatic rings. The predicted molar refractivity (Wildman–Crippen MR) is 108 cm³/mol. The molecule has 134 valence electrons. The minimum absolute atomic E-state index is 0.714. The summed E-state index contributed by atoms with van der Waals surface area (Å²) in [6, 6.07) is 16.1. The van der Waals surface area contributed by atoms with Crippen LogP contribution in [0.25, 0.3) is 17.1 Å². The molecule has 0 unspecified atom stereocenters. The quantitative estimate of drug-likeness (QED) is 0.586. The van der Waals surface area contributed by atoms with Crippen LogP contribution in [0.15, 0.2) is 48.5 Å². The van der Waals surface area contributed by atoms with Crippen molar-refractivity contribution in [1.82, 2.24) is 19.2 Å². The molecule has 0 bridgehead atoms. The maximum atomic E-state index is 6.07. The number of hydrogen-bond donors (Lipinski definition) is 0. The zero-order valence-electron chi connectivity index (χ0n) is 14.7. The Morgan fingerprint density at radius 2 is 1.81 bits per heavy atom. The molecule has 4 nitrogen and oxygen atoms in total. The molecule has 2 heterocycles. The average Bonchev–Trinajstić information content (AvgIpc) is 3.25. The van der Waals surface area contributed by atoms with Crippen molar-refractivity contribution in [3.05, 3.63) is 63.9 Å². The molecule has 0 amide bonds. The minimum atomic E-state index is 0.714. The van der Waals surface area contributed by atoms with Gasteiger partial charge in [-0.1, -0.05) is 23.7 Å². The van der Waals surface area contributed by atoms with Crippen molar-refractivity contribution in [3.63, 3.8) is 0 Å². The van der Waals surface area contributed by atoms with E-state index in [-0.39, 0.29) is 0 Å². The summed E-state index contributed by atoms with van der Waals surface area (Å²) in [6.07, 6.45) is 2.49. The summed E-state index contributed by atoms with van der Waals surface area (Å²) in [4.78, 5) is 2.40. The fourth-order valence-corrected chi connectivity index (χ4v) is 3.82. The highest BCUT2D eigenvalue weighted by Gasteiger charge is 2.18. The lowest BCUT2D eigenvalue weighted by atomic mass is 10.2. The first kappa shape index (κ1) is 17.5. The van der Waals surface area contributed by atoms with Gasteiger partial charge in [0.1, 0.15) is 0 Å². The van der Waals surface area contributed by atoms with Crippen molar-refractivity contribution < 1.29 is 0 Å². The van der Waals surface area contributed by atoms with E-state index in [0.29, 0.717) is 9.79 Å². The maximum Gasteiger partial charge on any atom is 0.204 e.